The summed E-state index contributed by atoms with van der Waals surface area (Å²) in [5, 5.41) is 0.900. The standard InChI is InChI=1S/C13H12Cl2N2O/c1-8-6-10(14)9(13(15)17-8)7-18-12-5-3-2-4-11(12)16/h2-6H,7,16H2,1H3. The molecule has 0 atom stereocenters. The first kappa shape index (κ1) is 13.0. The van der Waals surface area contributed by atoms with Crippen LogP contribution >= 0.6 is 23.2 Å². The van der Waals surface area contributed by atoms with Crippen LogP contribution in [-0.4, -0.2) is 4.98 Å². The van der Waals surface area contributed by atoms with E-state index in [2.05, 4.69) is 4.98 Å². The van der Waals surface area contributed by atoms with Gasteiger partial charge >= 0.3 is 0 Å². The van der Waals surface area contributed by atoms with Gasteiger partial charge in [0.05, 0.1) is 10.7 Å². The number of nitrogens with two attached hydrogens (primary N) is 1. The number of hydrogen-bond donors (Lipinski definition) is 1. The molecular weight excluding hydrogens is 271 g/mol. The first-order valence-corrected chi connectivity index (χ1v) is 6.12. The van der Waals surface area contributed by atoms with E-state index in [1.165, 1.54) is 0 Å². The molecule has 2 N–H and O–H groups in total. The predicted molar refractivity (Wildman–Crippen MR) is 74.2 cm³/mol. The van der Waals surface area contributed by atoms with Gasteiger partial charge in [-0.3, -0.25) is 0 Å². The lowest BCUT2D eigenvalue weighted by molar-refractivity contribution is 0.307. The van der Waals surface area contributed by atoms with Crippen molar-refractivity contribution in [2.75, 3.05) is 5.73 Å². The van der Waals surface area contributed by atoms with Crippen molar-refractivity contribution in [1.29, 1.82) is 0 Å². The summed E-state index contributed by atoms with van der Waals surface area (Å²) in [7, 11) is 0. The molecule has 18 heavy (non-hydrogen) atoms. The summed E-state index contributed by atoms with van der Waals surface area (Å²) in [5.74, 6) is 0.602. The molecule has 0 spiro atoms. The van der Waals surface area contributed by atoms with Gasteiger partial charge in [0.2, 0.25) is 0 Å². The molecule has 1 aromatic carbocycles. The number of benzene rings is 1. The molecule has 1 aromatic heterocycles. The maximum Gasteiger partial charge on any atom is 0.142 e. The van der Waals surface area contributed by atoms with Gasteiger partial charge in [-0.15, -0.1) is 0 Å². The number of nitrogen functional groups attached to an aromatic ring is 1. The average molecular weight is 283 g/mol. The van der Waals surface area contributed by atoms with Gasteiger partial charge in [-0.05, 0) is 25.1 Å². The zero-order chi connectivity index (χ0) is 13.1. The van der Waals surface area contributed by atoms with Crippen molar-refractivity contribution in [2.24, 2.45) is 0 Å². The third-order valence-electron chi connectivity index (χ3n) is 2.44. The van der Waals surface area contributed by atoms with E-state index in [9.17, 15) is 0 Å². The molecule has 0 unspecified atom stereocenters. The number of anilines is 1. The second-order valence-corrected chi connectivity index (χ2v) is 4.61. The molecule has 0 saturated carbocycles. The minimum Gasteiger partial charge on any atom is -0.487 e. The van der Waals surface area contributed by atoms with Crippen LogP contribution in [0.5, 0.6) is 5.75 Å². The minimum absolute atomic E-state index is 0.235. The summed E-state index contributed by atoms with van der Waals surface area (Å²) in [5.41, 5.74) is 7.78. The highest BCUT2D eigenvalue weighted by molar-refractivity contribution is 6.35. The summed E-state index contributed by atoms with van der Waals surface area (Å²) in [4.78, 5) is 4.14. The second-order valence-electron chi connectivity index (χ2n) is 3.84. The highest BCUT2D eigenvalue weighted by atomic mass is 35.5. The molecule has 2 rings (SSSR count). The highest BCUT2D eigenvalue weighted by Crippen LogP contribution is 2.27. The molecule has 0 aliphatic rings. The summed E-state index contributed by atoms with van der Waals surface area (Å²) in [6.45, 7) is 2.07. The minimum atomic E-state index is 0.235. The number of aryl methyl sites for hydroxylation is 1. The molecule has 0 radical (unpaired) electrons. The fourth-order valence-corrected chi connectivity index (χ4v) is 2.15. The van der Waals surface area contributed by atoms with E-state index in [1.807, 2.05) is 19.1 Å². The van der Waals surface area contributed by atoms with Crippen LogP contribution in [-0.2, 0) is 6.61 Å². The van der Waals surface area contributed by atoms with Crippen LogP contribution in [0.2, 0.25) is 10.2 Å². The van der Waals surface area contributed by atoms with Crippen molar-refractivity contribution in [1.82, 2.24) is 4.98 Å². The van der Waals surface area contributed by atoms with Crippen LogP contribution in [0.3, 0.4) is 0 Å². The Balaban J connectivity index is 2.19. The van der Waals surface area contributed by atoms with Crippen LogP contribution in [0.15, 0.2) is 30.3 Å². The molecular formula is C13H12Cl2N2O. The van der Waals surface area contributed by atoms with Crippen molar-refractivity contribution >= 4 is 28.9 Å². The van der Waals surface area contributed by atoms with Gasteiger partial charge < -0.3 is 10.5 Å². The van der Waals surface area contributed by atoms with Gasteiger partial charge in [-0.1, -0.05) is 35.3 Å². The Labute approximate surface area is 115 Å². The van der Waals surface area contributed by atoms with Crippen molar-refractivity contribution < 1.29 is 4.74 Å². The van der Waals surface area contributed by atoms with Crippen molar-refractivity contribution in [3.05, 3.63) is 51.8 Å². The van der Waals surface area contributed by atoms with Crippen LogP contribution in [0.1, 0.15) is 11.3 Å². The molecule has 0 amide bonds. The van der Waals surface area contributed by atoms with Gasteiger partial charge in [-0.2, -0.15) is 0 Å². The lowest BCUT2D eigenvalue weighted by atomic mass is 10.2. The Morgan fingerprint density at radius 1 is 1.28 bits per heavy atom. The summed E-state index contributed by atoms with van der Waals surface area (Å²) >= 11 is 12.1. The summed E-state index contributed by atoms with van der Waals surface area (Å²) < 4.78 is 5.59. The van der Waals surface area contributed by atoms with Gasteiger partial charge in [-0.25, -0.2) is 4.98 Å². The zero-order valence-corrected chi connectivity index (χ0v) is 11.3. The number of para-hydroxylation sites is 2. The molecule has 3 nitrogen and oxygen atoms in total. The van der Waals surface area contributed by atoms with Gasteiger partial charge in [0.15, 0.2) is 0 Å². The van der Waals surface area contributed by atoms with E-state index in [1.54, 1.807) is 18.2 Å². The Morgan fingerprint density at radius 3 is 2.67 bits per heavy atom. The SMILES string of the molecule is Cc1cc(Cl)c(COc2ccccc2N)c(Cl)n1. The van der Waals surface area contributed by atoms with E-state index in [0.717, 1.165) is 5.69 Å². The third-order valence-corrected chi connectivity index (χ3v) is 3.09. The van der Waals surface area contributed by atoms with Gasteiger partial charge in [0, 0.05) is 11.3 Å². The maximum atomic E-state index is 6.11. The summed E-state index contributed by atoms with van der Waals surface area (Å²) in [6, 6.07) is 9.00. The maximum absolute atomic E-state index is 6.11. The second kappa shape index (κ2) is 5.46. The van der Waals surface area contributed by atoms with Crippen molar-refractivity contribution in [2.45, 2.75) is 13.5 Å². The topological polar surface area (TPSA) is 48.1 Å². The number of hydrogen-bond acceptors (Lipinski definition) is 3. The van der Waals surface area contributed by atoms with Crippen LogP contribution in [0.25, 0.3) is 0 Å². The first-order chi connectivity index (χ1) is 8.58. The number of nitrogens with zero attached hydrogens (tertiary/aromatic N) is 1. The normalized spacial score (nSPS) is 10.4. The number of pyridine rings is 1. The number of halogens is 2. The molecule has 2 aromatic rings. The highest BCUT2D eigenvalue weighted by Gasteiger charge is 2.10. The average Bonchev–Trinajstić information content (AvgIpc) is 2.30. The molecule has 0 saturated heterocycles. The Hall–Kier alpha value is -1.45. The van der Waals surface area contributed by atoms with Gasteiger partial charge in [0.25, 0.3) is 0 Å². The molecule has 5 heteroatoms. The largest absolute Gasteiger partial charge is 0.487 e. The van der Waals surface area contributed by atoms with Crippen LogP contribution in [0, 0.1) is 6.92 Å². The quantitative estimate of drug-likeness (QED) is 0.687. The Morgan fingerprint density at radius 2 is 2.00 bits per heavy atom. The number of aromatic nitrogens is 1. The van der Waals surface area contributed by atoms with Gasteiger partial charge in [0.1, 0.15) is 17.5 Å². The van der Waals surface area contributed by atoms with E-state index >= 15 is 0 Å². The summed E-state index contributed by atoms with van der Waals surface area (Å²) in [6.07, 6.45) is 0. The fourth-order valence-electron chi connectivity index (χ4n) is 1.51. The molecule has 0 fully saturated rings. The van der Waals surface area contributed by atoms with E-state index in [4.69, 9.17) is 33.7 Å². The van der Waals surface area contributed by atoms with E-state index < -0.39 is 0 Å². The predicted octanol–water partition coefficient (Wildman–Crippen LogP) is 3.86. The third kappa shape index (κ3) is 2.86. The first-order valence-electron chi connectivity index (χ1n) is 5.36. The lowest BCUT2D eigenvalue weighted by Crippen LogP contribution is -2.01. The fraction of sp³-hybridized carbons (Fsp3) is 0.154. The number of ether oxygens (including phenoxy) is 1. The van der Waals surface area contributed by atoms with Crippen LogP contribution in [0.4, 0.5) is 5.69 Å². The van der Waals surface area contributed by atoms with E-state index in [0.29, 0.717) is 27.2 Å². The molecule has 1 heterocycles. The Bertz CT molecular complexity index is 550. The smallest absolute Gasteiger partial charge is 0.142 e. The zero-order valence-electron chi connectivity index (χ0n) is 9.78. The monoisotopic (exact) mass is 282 g/mol. The van der Waals surface area contributed by atoms with Crippen molar-refractivity contribution in [3.63, 3.8) is 0 Å². The molecule has 94 valence electrons. The van der Waals surface area contributed by atoms with E-state index in [-0.39, 0.29) is 6.61 Å². The Kier molecular flexibility index (Phi) is 3.94. The van der Waals surface area contributed by atoms with Crippen molar-refractivity contribution in [3.8, 4) is 5.75 Å². The molecule has 0 aliphatic carbocycles. The molecule has 0 aliphatic heterocycles. The van der Waals surface area contributed by atoms with Crippen LogP contribution < -0.4 is 10.5 Å². The molecule has 0 bridgehead atoms. The number of rotatable bonds is 3. The lowest BCUT2D eigenvalue weighted by Gasteiger charge is -2.11.